The van der Waals surface area contributed by atoms with E-state index in [4.69, 9.17) is 4.98 Å². The maximum absolute atomic E-state index is 4.93. The Morgan fingerprint density at radius 3 is 3.10 bits per heavy atom. The summed E-state index contributed by atoms with van der Waals surface area (Å²) in [4.78, 5) is 10.7. The van der Waals surface area contributed by atoms with Crippen molar-refractivity contribution >= 4 is 11.3 Å². The average Bonchev–Trinajstić information content (AvgIpc) is 3.05. The van der Waals surface area contributed by atoms with E-state index in [0.29, 0.717) is 12.1 Å². The van der Waals surface area contributed by atoms with Crippen molar-refractivity contribution in [1.82, 2.24) is 19.9 Å². The van der Waals surface area contributed by atoms with Crippen molar-refractivity contribution in [2.45, 2.75) is 52.1 Å². The summed E-state index contributed by atoms with van der Waals surface area (Å²) in [5, 5.41) is 4.68. The number of aryl methyl sites for hydroxylation is 1. The SMILES string of the molecule is CCNC1CCCc2sc(-c3cncn3C(C)C)nc21. The third-order valence-corrected chi connectivity index (χ3v) is 5.00. The zero-order chi connectivity index (χ0) is 14.1. The van der Waals surface area contributed by atoms with E-state index >= 15 is 0 Å². The van der Waals surface area contributed by atoms with E-state index in [1.807, 2.05) is 23.9 Å². The minimum atomic E-state index is 0.415. The zero-order valence-electron chi connectivity index (χ0n) is 12.4. The Kier molecular flexibility index (Phi) is 3.89. The lowest BCUT2D eigenvalue weighted by molar-refractivity contribution is 0.465. The molecule has 0 radical (unpaired) electrons. The van der Waals surface area contributed by atoms with Crippen LogP contribution in [0.25, 0.3) is 10.7 Å². The van der Waals surface area contributed by atoms with Gasteiger partial charge in [0.2, 0.25) is 0 Å². The van der Waals surface area contributed by atoms with E-state index in [2.05, 4.69) is 35.6 Å². The molecule has 2 aromatic rings. The third-order valence-electron chi connectivity index (χ3n) is 3.85. The molecule has 0 bridgehead atoms. The summed E-state index contributed by atoms with van der Waals surface area (Å²) in [6.07, 6.45) is 7.47. The molecule has 1 atom stereocenters. The highest BCUT2D eigenvalue weighted by Crippen LogP contribution is 2.37. The smallest absolute Gasteiger partial charge is 0.142 e. The molecule has 108 valence electrons. The highest BCUT2D eigenvalue weighted by Gasteiger charge is 2.25. The molecule has 0 amide bonds. The lowest BCUT2D eigenvalue weighted by Crippen LogP contribution is -2.24. The van der Waals surface area contributed by atoms with Crippen LogP contribution in [0.5, 0.6) is 0 Å². The molecule has 1 aliphatic carbocycles. The second-order valence-corrected chi connectivity index (χ2v) is 6.69. The first-order valence-electron chi connectivity index (χ1n) is 7.46. The molecule has 4 nitrogen and oxygen atoms in total. The highest BCUT2D eigenvalue weighted by molar-refractivity contribution is 7.15. The average molecular weight is 290 g/mol. The highest BCUT2D eigenvalue weighted by atomic mass is 32.1. The van der Waals surface area contributed by atoms with Crippen LogP contribution in [0, 0.1) is 0 Å². The Morgan fingerprint density at radius 1 is 1.50 bits per heavy atom. The monoisotopic (exact) mass is 290 g/mol. The van der Waals surface area contributed by atoms with Crippen LogP contribution in [0.4, 0.5) is 0 Å². The van der Waals surface area contributed by atoms with Crippen molar-refractivity contribution in [3.63, 3.8) is 0 Å². The molecule has 0 saturated heterocycles. The number of imidazole rings is 1. The second-order valence-electron chi connectivity index (χ2n) is 5.61. The van der Waals surface area contributed by atoms with Gasteiger partial charge in [-0.3, -0.25) is 0 Å². The summed E-state index contributed by atoms with van der Waals surface area (Å²) in [5.41, 5.74) is 2.42. The van der Waals surface area contributed by atoms with Gasteiger partial charge in [-0.1, -0.05) is 6.92 Å². The summed E-state index contributed by atoms with van der Waals surface area (Å²) in [6.45, 7) is 7.52. The first-order chi connectivity index (χ1) is 9.70. The Hall–Kier alpha value is -1.20. The minimum absolute atomic E-state index is 0.415. The number of nitrogens with one attached hydrogen (secondary N) is 1. The molecular formula is C15H22N4S. The Balaban J connectivity index is 1.98. The first-order valence-corrected chi connectivity index (χ1v) is 8.27. The molecule has 0 aromatic carbocycles. The van der Waals surface area contributed by atoms with Gasteiger partial charge in [-0.15, -0.1) is 11.3 Å². The van der Waals surface area contributed by atoms with Gasteiger partial charge in [0, 0.05) is 10.9 Å². The number of aromatic nitrogens is 3. The summed E-state index contributed by atoms with van der Waals surface area (Å²) < 4.78 is 2.20. The van der Waals surface area contributed by atoms with Crippen LogP contribution < -0.4 is 5.32 Å². The molecule has 0 fully saturated rings. The molecule has 2 aromatic heterocycles. The van der Waals surface area contributed by atoms with Gasteiger partial charge >= 0.3 is 0 Å². The van der Waals surface area contributed by atoms with Crippen molar-refractivity contribution < 1.29 is 0 Å². The van der Waals surface area contributed by atoms with Crippen molar-refractivity contribution in [1.29, 1.82) is 0 Å². The summed E-state index contributed by atoms with van der Waals surface area (Å²) in [5.74, 6) is 0. The maximum Gasteiger partial charge on any atom is 0.142 e. The zero-order valence-corrected chi connectivity index (χ0v) is 13.2. The number of hydrogen-bond donors (Lipinski definition) is 1. The van der Waals surface area contributed by atoms with Crippen LogP contribution in [-0.4, -0.2) is 21.1 Å². The number of nitrogens with zero attached hydrogens (tertiary/aromatic N) is 3. The Bertz CT molecular complexity index is 584. The first kappa shape index (κ1) is 13.8. The molecule has 20 heavy (non-hydrogen) atoms. The van der Waals surface area contributed by atoms with Crippen LogP contribution in [0.3, 0.4) is 0 Å². The number of hydrogen-bond acceptors (Lipinski definition) is 4. The van der Waals surface area contributed by atoms with Crippen LogP contribution in [0.15, 0.2) is 12.5 Å². The standard InChI is InChI=1S/C15H22N4S/c1-4-17-11-6-5-7-13-14(11)18-15(20-13)12-8-16-9-19(12)10(2)3/h8-11,17H,4-7H2,1-3H3. The minimum Gasteiger partial charge on any atom is -0.326 e. The molecule has 0 spiro atoms. The molecule has 2 heterocycles. The molecule has 0 aliphatic heterocycles. The molecular weight excluding hydrogens is 268 g/mol. The van der Waals surface area contributed by atoms with Gasteiger partial charge in [0.1, 0.15) is 5.01 Å². The predicted octanol–water partition coefficient (Wildman–Crippen LogP) is 3.57. The van der Waals surface area contributed by atoms with Gasteiger partial charge in [-0.25, -0.2) is 9.97 Å². The fraction of sp³-hybridized carbons (Fsp3) is 0.600. The van der Waals surface area contributed by atoms with Crippen LogP contribution in [-0.2, 0) is 6.42 Å². The van der Waals surface area contributed by atoms with Crippen molar-refractivity contribution in [3.05, 3.63) is 23.1 Å². The fourth-order valence-electron chi connectivity index (χ4n) is 2.85. The van der Waals surface area contributed by atoms with Crippen molar-refractivity contribution in [2.75, 3.05) is 6.54 Å². The molecule has 0 saturated carbocycles. The second kappa shape index (κ2) is 5.66. The van der Waals surface area contributed by atoms with Gasteiger partial charge in [0.05, 0.1) is 30.0 Å². The third kappa shape index (κ3) is 2.40. The van der Waals surface area contributed by atoms with Crippen LogP contribution in [0.2, 0.25) is 0 Å². The fourth-order valence-corrected chi connectivity index (χ4v) is 4.03. The molecule has 3 rings (SSSR count). The van der Waals surface area contributed by atoms with Crippen molar-refractivity contribution in [3.8, 4) is 10.7 Å². The molecule has 1 aliphatic rings. The predicted molar refractivity (Wildman–Crippen MR) is 83.1 cm³/mol. The number of rotatable bonds is 4. The van der Waals surface area contributed by atoms with E-state index in [1.54, 1.807) is 0 Å². The van der Waals surface area contributed by atoms with Crippen molar-refractivity contribution in [2.24, 2.45) is 0 Å². The lowest BCUT2D eigenvalue weighted by atomic mass is 9.98. The van der Waals surface area contributed by atoms with E-state index in [1.165, 1.54) is 29.8 Å². The normalized spacial score (nSPS) is 18.5. The molecule has 1 unspecified atom stereocenters. The van der Waals surface area contributed by atoms with Gasteiger partial charge in [0.25, 0.3) is 0 Å². The van der Waals surface area contributed by atoms with E-state index in [9.17, 15) is 0 Å². The van der Waals surface area contributed by atoms with Gasteiger partial charge in [-0.2, -0.15) is 0 Å². The van der Waals surface area contributed by atoms with Gasteiger partial charge < -0.3 is 9.88 Å². The molecule has 1 N–H and O–H groups in total. The Labute approximate surface area is 124 Å². The quantitative estimate of drug-likeness (QED) is 0.936. The summed E-state index contributed by atoms with van der Waals surface area (Å²) in [7, 11) is 0. The van der Waals surface area contributed by atoms with Crippen LogP contribution in [0.1, 0.15) is 56.3 Å². The van der Waals surface area contributed by atoms with E-state index in [-0.39, 0.29) is 0 Å². The number of fused-ring (bicyclic) bond motifs is 1. The topological polar surface area (TPSA) is 42.7 Å². The van der Waals surface area contributed by atoms with Gasteiger partial charge in [0.15, 0.2) is 0 Å². The van der Waals surface area contributed by atoms with Crippen LogP contribution >= 0.6 is 11.3 Å². The Morgan fingerprint density at radius 2 is 2.35 bits per heavy atom. The molecule has 5 heteroatoms. The van der Waals surface area contributed by atoms with E-state index < -0.39 is 0 Å². The van der Waals surface area contributed by atoms with Gasteiger partial charge in [-0.05, 0) is 39.7 Å². The lowest BCUT2D eigenvalue weighted by Gasteiger charge is -2.21. The summed E-state index contributed by atoms with van der Waals surface area (Å²) in [6, 6.07) is 0.849. The van der Waals surface area contributed by atoms with E-state index in [0.717, 1.165) is 17.2 Å². The number of thiazole rings is 1. The maximum atomic E-state index is 4.93. The summed E-state index contributed by atoms with van der Waals surface area (Å²) >= 11 is 1.84. The largest absolute Gasteiger partial charge is 0.326 e.